The summed E-state index contributed by atoms with van der Waals surface area (Å²) in [6.45, 7) is 3.12. The van der Waals surface area contributed by atoms with Crippen LogP contribution in [0.2, 0.25) is 5.02 Å². The van der Waals surface area contributed by atoms with E-state index in [9.17, 15) is 0 Å². The van der Waals surface area contributed by atoms with Gasteiger partial charge in [-0.2, -0.15) is 0 Å². The fourth-order valence-corrected chi connectivity index (χ4v) is 2.48. The van der Waals surface area contributed by atoms with E-state index in [1.165, 1.54) is 17.7 Å². The standard InChI is InChI=1S/C10H11BrClN/c1-6-9(12)8(11)5-7-3-2-4-13-10(6)7/h5,13H,2-4H2,1H3. The van der Waals surface area contributed by atoms with Crippen LogP contribution in [0.4, 0.5) is 5.69 Å². The maximum Gasteiger partial charge on any atom is 0.0598 e. The van der Waals surface area contributed by atoms with Crippen LogP contribution in [0.1, 0.15) is 17.5 Å². The number of aryl methyl sites for hydroxylation is 1. The molecule has 1 heterocycles. The van der Waals surface area contributed by atoms with Crippen LogP contribution in [0.5, 0.6) is 0 Å². The SMILES string of the molecule is Cc1c(Cl)c(Br)cc2c1NCCC2. The molecule has 1 aliphatic heterocycles. The first-order chi connectivity index (χ1) is 6.20. The maximum atomic E-state index is 6.13. The van der Waals surface area contributed by atoms with Gasteiger partial charge in [-0.25, -0.2) is 0 Å². The molecule has 0 radical (unpaired) electrons. The third-order valence-electron chi connectivity index (χ3n) is 2.46. The summed E-state index contributed by atoms with van der Waals surface area (Å²) in [7, 11) is 0. The van der Waals surface area contributed by atoms with Crippen LogP contribution in [-0.4, -0.2) is 6.54 Å². The molecule has 0 saturated heterocycles. The van der Waals surface area contributed by atoms with E-state index in [4.69, 9.17) is 11.6 Å². The van der Waals surface area contributed by atoms with Gasteiger partial charge in [-0.1, -0.05) is 11.6 Å². The highest BCUT2D eigenvalue weighted by Crippen LogP contribution is 2.36. The molecule has 0 unspecified atom stereocenters. The third kappa shape index (κ3) is 1.57. The van der Waals surface area contributed by atoms with E-state index in [1.807, 2.05) is 0 Å². The van der Waals surface area contributed by atoms with Crippen LogP contribution in [-0.2, 0) is 6.42 Å². The molecule has 0 aromatic heterocycles. The van der Waals surface area contributed by atoms with Crippen LogP contribution < -0.4 is 5.32 Å². The Balaban J connectivity index is 2.60. The zero-order chi connectivity index (χ0) is 9.42. The molecule has 0 fully saturated rings. The van der Waals surface area contributed by atoms with E-state index < -0.39 is 0 Å². The zero-order valence-electron chi connectivity index (χ0n) is 7.45. The predicted molar refractivity (Wildman–Crippen MR) is 60.7 cm³/mol. The summed E-state index contributed by atoms with van der Waals surface area (Å²) >= 11 is 9.59. The van der Waals surface area contributed by atoms with E-state index in [-0.39, 0.29) is 0 Å². The van der Waals surface area contributed by atoms with Crippen molar-refractivity contribution in [2.45, 2.75) is 19.8 Å². The molecule has 0 saturated carbocycles. The molecule has 1 aromatic rings. The number of hydrogen-bond donors (Lipinski definition) is 1. The number of anilines is 1. The fraction of sp³-hybridized carbons (Fsp3) is 0.400. The van der Waals surface area contributed by atoms with Gasteiger partial charge in [-0.15, -0.1) is 0 Å². The molecule has 0 aliphatic carbocycles. The molecule has 1 nitrogen and oxygen atoms in total. The highest BCUT2D eigenvalue weighted by Gasteiger charge is 2.14. The Labute approximate surface area is 91.6 Å². The highest BCUT2D eigenvalue weighted by atomic mass is 79.9. The van der Waals surface area contributed by atoms with Crippen molar-refractivity contribution in [1.29, 1.82) is 0 Å². The lowest BCUT2D eigenvalue weighted by Crippen LogP contribution is -2.13. The van der Waals surface area contributed by atoms with Crippen molar-refractivity contribution in [1.82, 2.24) is 0 Å². The minimum Gasteiger partial charge on any atom is -0.385 e. The summed E-state index contributed by atoms with van der Waals surface area (Å²) in [5, 5.41) is 4.22. The average Bonchev–Trinajstić information content (AvgIpc) is 2.15. The van der Waals surface area contributed by atoms with E-state index in [2.05, 4.69) is 34.2 Å². The Kier molecular flexibility index (Phi) is 2.52. The van der Waals surface area contributed by atoms with Gasteiger partial charge in [0.05, 0.1) is 5.02 Å². The molecule has 13 heavy (non-hydrogen) atoms. The van der Waals surface area contributed by atoms with Crippen molar-refractivity contribution in [3.63, 3.8) is 0 Å². The maximum absolute atomic E-state index is 6.13. The Bertz CT molecular complexity index is 349. The van der Waals surface area contributed by atoms with Crippen molar-refractivity contribution < 1.29 is 0 Å². The lowest BCUT2D eigenvalue weighted by molar-refractivity contribution is 0.827. The summed E-state index contributed by atoms with van der Waals surface area (Å²) in [5.74, 6) is 0. The first-order valence-electron chi connectivity index (χ1n) is 4.41. The quantitative estimate of drug-likeness (QED) is 0.749. The summed E-state index contributed by atoms with van der Waals surface area (Å²) in [6.07, 6.45) is 2.36. The van der Waals surface area contributed by atoms with E-state index >= 15 is 0 Å². The minimum absolute atomic E-state index is 0.827. The summed E-state index contributed by atoms with van der Waals surface area (Å²) in [5.41, 5.74) is 3.77. The van der Waals surface area contributed by atoms with Gasteiger partial charge in [0.25, 0.3) is 0 Å². The van der Waals surface area contributed by atoms with Gasteiger partial charge < -0.3 is 5.32 Å². The van der Waals surface area contributed by atoms with Gasteiger partial charge in [0.1, 0.15) is 0 Å². The lowest BCUT2D eigenvalue weighted by Gasteiger charge is -2.21. The number of fused-ring (bicyclic) bond motifs is 1. The van der Waals surface area contributed by atoms with E-state index in [0.29, 0.717) is 0 Å². The first kappa shape index (κ1) is 9.35. The summed E-state index contributed by atoms with van der Waals surface area (Å²) < 4.78 is 1.01. The molecule has 0 amide bonds. The van der Waals surface area contributed by atoms with Crippen LogP contribution in [0.25, 0.3) is 0 Å². The fourth-order valence-electron chi connectivity index (χ4n) is 1.75. The second kappa shape index (κ2) is 3.50. The molecule has 70 valence electrons. The molecular weight excluding hydrogens is 249 g/mol. The van der Waals surface area contributed by atoms with Crippen LogP contribution in [0.3, 0.4) is 0 Å². The van der Waals surface area contributed by atoms with Gasteiger partial charge >= 0.3 is 0 Å². The Morgan fingerprint density at radius 1 is 1.54 bits per heavy atom. The van der Waals surface area contributed by atoms with Crippen LogP contribution in [0, 0.1) is 6.92 Å². The van der Waals surface area contributed by atoms with Crippen LogP contribution >= 0.6 is 27.5 Å². The smallest absolute Gasteiger partial charge is 0.0598 e. The molecule has 1 N–H and O–H groups in total. The molecule has 1 aliphatic rings. The summed E-state index contributed by atoms with van der Waals surface area (Å²) in [4.78, 5) is 0. The van der Waals surface area contributed by atoms with E-state index in [1.54, 1.807) is 0 Å². The van der Waals surface area contributed by atoms with Gasteiger partial charge in [0.15, 0.2) is 0 Å². The number of nitrogens with one attached hydrogen (secondary N) is 1. The molecule has 0 spiro atoms. The second-order valence-corrected chi connectivity index (χ2v) is 4.59. The third-order valence-corrected chi connectivity index (χ3v) is 3.80. The van der Waals surface area contributed by atoms with Crippen LogP contribution in [0.15, 0.2) is 10.5 Å². The number of rotatable bonds is 0. The molecule has 0 atom stereocenters. The van der Waals surface area contributed by atoms with Gasteiger partial charge in [-0.3, -0.25) is 0 Å². The molecule has 2 rings (SSSR count). The second-order valence-electron chi connectivity index (χ2n) is 3.36. The predicted octanol–water partition coefficient (Wildman–Crippen LogP) is 3.77. The monoisotopic (exact) mass is 259 g/mol. The normalized spacial score (nSPS) is 15.0. The molecule has 0 bridgehead atoms. The molecule has 3 heteroatoms. The summed E-state index contributed by atoms with van der Waals surface area (Å²) in [6, 6.07) is 2.12. The zero-order valence-corrected chi connectivity index (χ0v) is 9.80. The van der Waals surface area contributed by atoms with Crippen molar-refractivity contribution in [3.8, 4) is 0 Å². The highest BCUT2D eigenvalue weighted by molar-refractivity contribution is 9.10. The molecule has 1 aromatic carbocycles. The van der Waals surface area contributed by atoms with Crippen molar-refractivity contribution in [2.24, 2.45) is 0 Å². The van der Waals surface area contributed by atoms with Crippen molar-refractivity contribution >= 4 is 33.2 Å². The Hall–Kier alpha value is -0.210. The topological polar surface area (TPSA) is 12.0 Å². The Morgan fingerprint density at radius 2 is 2.31 bits per heavy atom. The van der Waals surface area contributed by atoms with Gasteiger partial charge in [-0.05, 0) is 52.9 Å². The van der Waals surface area contributed by atoms with Crippen molar-refractivity contribution in [2.75, 3.05) is 11.9 Å². The minimum atomic E-state index is 0.827. The molecular formula is C10H11BrClN. The van der Waals surface area contributed by atoms with E-state index in [0.717, 1.165) is 28.0 Å². The number of benzene rings is 1. The van der Waals surface area contributed by atoms with Gasteiger partial charge in [0, 0.05) is 16.7 Å². The average molecular weight is 261 g/mol. The number of hydrogen-bond acceptors (Lipinski definition) is 1. The Morgan fingerprint density at radius 3 is 3.08 bits per heavy atom. The largest absolute Gasteiger partial charge is 0.385 e. The first-order valence-corrected chi connectivity index (χ1v) is 5.58. The lowest BCUT2D eigenvalue weighted by atomic mass is 10.0. The number of halogens is 2. The van der Waals surface area contributed by atoms with Gasteiger partial charge in [0.2, 0.25) is 0 Å². The van der Waals surface area contributed by atoms with Crippen molar-refractivity contribution in [3.05, 3.63) is 26.7 Å².